The summed E-state index contributed by atoms with van der Waals surface area (Å²) in [5.41, 5.74) is 0.637. The molecule has 0 bridgehead atoms. The number of rotatable bonds is 6. The van der Waals surface area contributed by atoms with Crippen LogP contribution in [-0.2, 0) is 9.59 Å². The molecule has 7 nitrogen and oxygen atoms in total. The Morgan fingerprint density at radius 2 is 1.80 bits per heavy atom. The van der Waals surface area contributed by atoms with E-state index in [1.165, 1.54) is 28.3 Å². The Morgan fingerprint density at radius 3 is 2.24 bits per heavy atom. The lowest BCUT2D eigenvalue weighted by atomic mass is 10.1. The zero-order chi connectivity index (χ0) is 18.7. The highest BCUT2D eigenvalue weighted by Gasteiger charge is 2.38. The van der Waals surface area contributed by atoms with Crippen LogP contribution < -0.4 is 14.2 Å². The van der Waals surface area contributed by atoms with Crippen LogP contribution in [0.15, 0.2) is 17.0 Å². The maximum absolute atomic E-state index is 12.5. The lowest BCUT2D eigenvalue weighted by Gasteiger charge is -2.18. The first-order valence-corrected chi connectivity index (χ1v) is 8.36. The van der Waals surface area contributed by atoms with Crippen molar-refractivity contribution in [2.45, 2.75) is 13.0 Å². The van der Waals surface area contributed by atoms with E-state index in [2.05, 4.69) is 0 Å². The number of methoxy groups -OCH3 is 3. The van der Waals surface area contributed by atoms with Crippen molar-refractivity contribution in [2.24, 2.45) is 0 Å². The molecule has 1 heterocycles. The molecule has 1 fully saturated rings. The summed E-state index contributed by atoms with van der Waals surface area (Å²) in [6.45, 7) is 1.41. The van der Waals surface area contributed by atoms with Gasteiger partial charge in [-0.05, 0) is 30.7 Å². The second kappa shape index (κ2) is 7.75. The van der Waals surface area contributed by atoms with E-state index in [0.717, 1.165) is 16.7 Å². The van der Waals surface area contributed by atoms with Gasteiger partial charge in [0.1, 0.15) is 10.4 Å². The van der Waals surface area contributed by atoms with E-state index >= 15 is 0 Å². The minimum absolute atomic E-state index is 0.207. The Hall–Kier alpha value is -2.26. The van der Waals surface area contributed by atoms with Gasteiger partial charge in [0.25, 0.3) is 5.91 Å². The molecule has 1 atom stereocenters. The van der Waals surface area contributed by atoms with Gasteiger partial charge in [-0.15, -0.1) is 0 Å². The number of amides is 1. The van der Waals surface area contributed by atoms with Crippen molar-refractivity contribution in [3.63, 3.8) is 0 Å². The Labute approximate surface area is 154 Å². The molecular weight excluding hydrogens is 366 g/mol. The van der Waals surface area contributed by atoms with Gasteiger partial charge in [-0.25, -0.2) is 4.79 Å². The van der Waals surface area contributed by atoms with Crippen LogP contribution in [0.4, 0.5) is 0 Å². The molecule has 0 aromatic heterocycles. The summed E-state index contributed by atoms with van der Waals surface area (Å²) < 4.78 is 16.0. The summed E-state index contributed by atoms with van der Waals surface area (Å²) in [4.78, 5) is 25.1. The van der Waals surface area contributed by atoms with Gasteiger partial charge >= 0.3 is 5.97 Å². The number of ether oxygens (including phenoxy) is 3. The fraction of sp³-hybridized carbons (Fsp3) is 0.312. The maximum Gasteiger partial charge on any atom is 0.326 e. The molecular formula is C16H17NO6S2. The number of hydrogen-bond acceptors (Lipinski definition) is 7. The first-order valence-electron chi connectivity index (χ1n) is 7.13. The SMILES string of the molecule is COc1cc(/C=C2\SC(=S)N([C@@H](C)C(=O)O)C2=O)cc(OC)c1OC. The van der Waals surface area contributed by atoms with Gasteiger partial charge in [0.2, 0.25) is 5.75 Å². The van der Waals surface area contributed by atoms with Crippen molar-refractivity contribution >= 4 is 46.3 Å². The average molecular weight is 383 g/mol. The highest BCUT2D eigenvalue weighted by atomic mass is 32.2. The van der Waals surface area contributed by atoms with Crippen LogP contribution in [-0.4, -0.2) is 53.6 Å². The van der Waals surface area contributed by atoms with Gasteiger partial charge in [-0.1, -0.05) is 24.0 Å². The van der Waals surface area contributed by atoms with E-state index < -0.39 is 17.9 Å². The Morgan fingerprint density at radius 1 is 1.24 bits per heavy atom. The summed E-state index contributed by atoms with van der Waals surface area (Å²) in [6.07, 6.45) is 1.61. The molecule has 1 amide bonds. The number of nitrogens with zero attached hydrogens (tertiary/aromatic N) is 1. The van der Waals surface area contributed by atoms with Gasteiger partial charge in [0, 0.05) is 0 Å². The quantitative estimate of drug-likeness (QED) is 0.592. The molecule has 1 aliphatic heterocycles. The maximum atomic E-state index is 12.5. The number of carboxylic acids is 1. The Balaban J connectivity index is 2.43. The van der Waals surface area contributed by atoms with Gasteiger partial charge in [0.05, 0.1) is 26.2 Å². The van der Waals surface area contributed by atoms with Crippen LogP contribution in [0, 0.1) is 0 Å². The summed E-state index contributed by atoms with van der Waals surface area (Å²) in [5, 5.41) is 9.12. The summed E-state index contributed by atoms with van der Waals surface area (Å²) in [6, 6.07) is 2.35. The number of carbonyl (C=O) groups is 2. The average Bonchev–Trinajstić information content (AvgIpc) is 2.86. The third-order valence-electron chi connectivity index (χ3n) is 3.55. The zero-order valence-corrected chi connectivity index (χ0v) is 15.7. The molecule has 1 aromatic rings. The molecule has 25 heavy (non-hydrogen) atoms. The van der Waals surface area contributed by atoms with Crippen LogP contribution in [0.5, 0.6) is 17.2 Å². The van der Waals surface area contributed by atoms with E-state index in [1.807, 2.05) is 0 Å². The van der Waals surface area contributed by atoms with Crippen LogP contribution in [0.25, 0.3) is 6.08 Å². The lowest BCUT2D eigenvalue weighted by Crippen LogP contribution is -2.41. The number of hydrogen-bond donors (Lipinski definition) is 1. The minimum atomic E-state index is -1.12. The highest BCUT2D eigenvalue weighted by molar-refractivity contribution is 8.26. The number of aliphatic carboxylic acids is 1. The first kappa shape index (κ1) is 19.1. The van der Waals surface area contributed by atoms with Crippen molar-refractivity contribution in [3.8, 4) is 17.2 Å². The fourth-order valence-corrected chi connectivity index (χ4v) is 3.68. The molecule has 0 spiro atoms. The second-order valence-corrected chi connectivity index (χ2v) is 6.70. The summed E-state index contributed by atoms with van der Waals surface area (Å²) >= 11 is 6.19. The van der Waals surface area contributed by atoms with Crippen LogP contribution in [0.2, 0.25) is 0 Å². The van der Waals surface area contributed by atoms with Crippen molar-refractivity contribution in [3.05, 3.63) is 22.6 Å². The van der Waals surface area contributed by atoms with Gasteiger partial charge in [-0.2, -0.15) is 0 Å². The molecule has 2 rings (SSSR count). The Kier molecular flexibility index (Phi) is 5.91. The van der Waals surface area contributed by atoms with Crippen LogP contribution >= 0.6 is 24.0 Å². The topological polar surface area (TPSA) is 85.3 Å². The van der Waals surface area contributed by atoms with Crippen molar-refractivity contribution in [2.75, 3.05) is 21.3 Å². The molecule has 134 valence electrons. The normalized spacial score (nSPS) is 17.0. The standard InChI is InChI=1S/C16H17NO6S2/c1-8(15(19)20)17-14(18)12(25-16(17)24)7-9-5-10(21-2)13(23-4)11(6-9)22-3/h5-8H,1-4H3,(H,19,20)/b12-7-/t8-/m0/s1. The largest absolute Gasteiger partial charge is 0.493 e. The Bertz CT molecular complexity index is 736. The van der Waals surface area contributed by atoms with E-state index in [-0.39, 0.29) is 4.32 Å². The molecule has 9 heteroatoms. The highest BCUT2D eigenvalue weighted by Crippen LogP contribution is 2.40. The van der Waals surface area contributed by atoms with E-state index in [9.17, 15) is 9.59 Å². The van der Waals surface area contributed by atoms with E-state index in [1.54, 1.807) is 18.2 Å². The summed E-state index contributed by atoms with van der Waals surface area (Å²) in [7, 11) is 4.49. The number of carboxylic acid groups (broad SMARTS) is 1. The number of benzene rings is 1. The molecule has 1 aromatic carbocycles. The lowest BCUT2D eigenvalue weighted by molar-refractivity contribution is -0.144. The zero-order valence-electron chi connectivity index (χ0n) is 14.1. The predicted molar refractivity (Wildman–Crippen MR) is 98.2 cm³/mol. The van der Waals surface area contributed by atoms with Gasteiger partial charge < -0.3 is 19.3 Å². The number of thiocarbonyl (C=S) groups is 1. The third-order valence-corrected chi connectivity index (χ3v) is 4.88. The van der Waals surface area contributed by atoms with Crippen molar-refractivity contribution < 1.29 is 28.9 Å². The molecule has 1 aliphatic rings. The van der Waals surface area contributed by atoms with Gasteiger partial charge in [0.15, 0.2) is 11.5 Å². The monoisotopic (exact) mass is 383 g/mol. The first-order chi connectivity index (χ1) is 11.8. The van der Waals surface area contributed by atoms with Crippen LogP contribution in [0.1, 0.15) is 12.5 Å². The smallest absolute Gasteiger partial charge is 0.326 e. The molecule has 0 unspecified atom stereocenters. The van der Waals surface area contributed by atoms with E-state index in [4.69, 9.17) is 31.5 Å². The number of thioether (sulfide) groups is 1. The second-order valence-electron chi connectivity index (χ2n) is 5.02. The summed E-state index contributed by atoms with van der Waals surface area (Å²) in [5.74, 6) is -0.233. The minimum Gasteiger partial charge on any atom is -0.493 e. The van der Waals surface area contributed by atoms with Gasteiger partial charge in [-0.3, -0.25) is 9.69 Å². The molecule has 0 aliphatic carbocycles. The molecule has 0 radical (unpaired) electrons. The van der Waals surface area contributed by atoms with Crippen LogP contribution in [0.3, 0.4) is 0 Å². The third kappa shape index (κ3) is 3.72. The van der Waals surface area contributed by atoms with Crippen molar-refractivity contribution in [1.82, 2.24) is 4.90 Å². The van der Waals surface area contributed by atoms with Crippen molar-refractivity contribution in [1.29, 1.82) is 0 Å². The molecule has 1 N–H and O–H groups in total. The molecule has 1 saturated heterocycles. The molecule has 0 saturated carbocycles. The fourth-order valence-electron chi connectivity index (χ4n) is 2.26. The number of carbonyl (C=O) groups excluding carboxylic acids is 1. The predicted octanol–water partition coefficient (Wildman–Crippen LogP) is 2.39. The van der Waals surface area contributed by atoms with E-state index in [0.29, 0.717) is 27.7 Å².